The fourth-order valence-electron chi connectivity index (χ4n) is 3.77. The third-order valence-electron chi connectivity index (χ3n) is 5.54. The predicted octanol–water partition coefficient (Wildman–Crippen LogP) is 4.16. The van der Waals surface area contributed by atoms with Crippen LogP contribution in [0.1, 0.15) is 23.1 Å². The predicted molar refractivity (Wildman–Crippen MR) is 118 cm³/mol. The second-order valence-corrected chi connectivity index (χ2v) is 8.05. The number of imidazole rings is 1. The third-order valence-corrected chi connectivity index (χ3v) is 5.54. The van der Waals surface area contributed by atoms with E-state index >= 15 is 0 Å². The van der Waals surface area contributed by atoms with Crippen LogP contribution in [0.25, 0.3) is 0 Å². The highest BCUT2D eigenvalue weighted by molar-refractivity contribution is 5.27. The van der Waals surface area contributed by atoms with Crippen LogP contribution in [0.4, 0.5) is 0 Å². The summed E-state index contributed by atoms with van der Waals surface area (Å²) >= 11 is 0. The molecule has 31 heavy (non-hydrogen) atoms. The Morgan fingerprint density at radius 1 is 1.10 bits per heavy atom. The van der Waals surface area contributed by atoms with Crippen molar-refractivity contribution in [3.8, 4) is 5.75 Å². The molecule has 2 heterocycles. The van der Waals surface area contributed by atoms with E-state index < -0.39 is 5.79 Å². The molecule has 4 rings (SSSR count). The fourth-order valence-corrected chi connectivity index (χ4v) is 3.77. The average Bonchev–Trinajstić information content (AvgIpc) is 3.45. The SMILES string of the molecule is COc1ccc(CCC2(Cn3ccnc3)OCC(COCc3ccc(C)cc3)O2)cc1. The summed E-state index contributed by atoms with van der Waals surface area (Å²) in [6.07, 6.45) is 6.99. The van der Waals surface area contributed by atoms with Crippen molar-refractivity contribution in [3.63, 3.8) is 0 Å². The van der Waals surface area contributed by atoms with Crippen molar-refractivity contribution in [2.75, 3.05) is 20.3 Å². The largest absolute Gasteiger partial charge is 0.497 e. The lowest BCUT2D eigenvalue weighted by Crippen LogP contribution is -2.37. The summed E-state index contributed by atoms with van der Waals surface area (Å²) in [7, 11) is 1.68. The molecule has 1 aromatic heterocycles. The van der Waals surface area contributed by atoms with Crippen molar-refractivity contribution >= 4 is 0 Å². The normalized spacial score (nSPS) is 20.8. The van der Waals surface area contributed by atoms with E-state index in [9.17, 15) is 0 Å². The molecule has 0 saturated carbocycles. The van der Waals surface area contributed by atoms with E-state index in [4.69, 9.17) is 18.9 Å². The minimum atomic E-state index is -0.696. The van der Waals surface area contributed by atoms with Gasteiger partial charge in [0.15, 0.2) is 5.79 Å². The lowest BCUT2D eigenvalue weighted by molar-refractivity contribution is -0.187. The highest BCUT2D eigenvalue weighted by atomic mass is 16.8. The molecule has 164 valence electrons. The number of aryl methyl sites for hydroxylation is 2. The molecule has 6 nitrogen and oxygen atoms in total. The van der Waals surface area contributed by atoms with Gasteiger partial charge in [0.2, 0.25) is 0 Å². The molecule has 1 aliphatic rings. The summed E-state index contributed by atoms with van der Waals surface area (Å²) in [4.78, 5) is 4.15. The Bertz CT molecular complexity index is 925. The van der Waals surface area contributed by atoms with Gasteiger partial charge in [0, 0.05) is 18.8 Å². The quantitative estimate of drug-likeness (QED) is 0.491. The molecule has 0 bridgehead atoms. The smallest absolute Gasteiger partial charge is 0.187 e. The third kappa shape index (κ3) is 5.94. The van der Waals surface area contributed by atoms with E-state index in [0.717, 1.165) is 24.2 Å². The van der Waals surface area contributed by atoms with Crippen molar-refractivity contribution in [1.29, 1.82) is 0 Å². The van der Waals surface area contributed by atoms with E-state index in [0.29, 0.717) is 26.4 Å². The zero-order valence-electron chi connectivity index (χ0n) is 18.2. The van der Waals surface area contributed by atoms with Crippen molar-refractivity contribution in [1.82, 2.24) is 9.55 Å². The van der Waals surface area contributed by atoms with Crippen LogP contribution >= 0.6 is 0 Å². The first kappa shape index (κ1) is 21.6. The molecule has 2 atom stereocenters. The fraction of sp³-hybridized carbons (Fsp3) is 0.400. The Morgan fingerprint density at radius 3 is 2.58 bits per heavy atom. The highest BCUT2D eigenvalue weighted by Gasteiger charge is 2.41. The maximum Gasteiger partial charge on any atom is 0.187 e. The van der Waals surface area contributed by atoms with Crippen LogP contribution in [0.2, 0.25) is 0 Å². The monoisotopic (exact) mass is 422 g/mol. The van der Waals surface area contributed by atoms with E-state index in [1.807, 2.05) is 22.9 Å². The summed E-state index contributed by atoms with van der Waals surface area (Å²) in [5, 5.41) is 0. The van der Waals surface area contributed by atoms with Crippen LogP contribution in [0, 0.1) is 6.92 Å². The molecular weight excluding hydrogens is 392 g/mol. The summed E-state index contributed by atoms with van der Waals surface area (Å²) < 4.78 is 25.8. The molecule has 2 unspecified atom stereocenters. The van der Waals surface area contributed by atoms with Gasteiger partial charge in [-0.15, -0.1) is 0 Å². The Labute approximate surface area is 183 Å². The van der Waals surface area contributed by atoms with Crippen molar-refractivity contribution in [2.24, 2.45) is 0 Å². The Balaban J connectivity index is 1.35. The topological polar surface area (TPSA) is 54.7 Å². The Hall–Kier alpha value is -2.67. The van der Waals surface area contributed by atoms with E-state index in [1.165, 1.54) is 11.1 Å². The zero-order valence-corrected chi connectivity index (χ0v) is 18.2. The maximum absolute atomic E-state index is 6.43. The Morgan fingerprint density at radius 2 is 1.87 bits per heavy atom. The molecule has 0 aliphatic carbocycles. The number of ether oxygens (including phenoxy) is 4. The Kier molecular flexibility index (Phi) is 7.02. The number of nitrogens with zero attached hydrogens (tertiary/aromatic N) is 2. The lowest BCUT2D eigenvalue weighted by atomic mass is 10.0. The second kappa shape index (κ2) is 10.1. The summed E-state index contributed by atoms with van der Waals surface area (Å²) in [5.41, 5.74) is 3.63. The van der Waals surface area contributed by atoms with Crippen LogP contribution in [-0.4, -0.2) is 41.8 Å². The maximum atomic E-state index is 6.43. The first-order chi connectivity index (χ1) is 15.1. The molecule has 2 aromatic carbocycles. The van der Waals surface area contributed by atoms with Crippen LogP contribution in [-0.2, 0) is 33.8 Å². The van der Waals surface area contributed by atoms with Gasteiger partial charge in [-0.3, -0.25) is 0 Å². The van der Waals surface area contributed by atoms with Crippen LogP contribution in [0.3, 0.4) is 0 Å². The van der Waals surface area contributed by atoms with Gasteiger partial charge in [-0.1, -0.05) is 42.0 Å². The number of benzene rings is 2. The summed E-state index contributed by atoms with van der Waals surface area (Å²) in [6, 6.07) is 16.5. The van der Waals surface area contributed by atoms with Crippen molar-refractivity contribution in [2.45, 2.75) is 44.8 Å². The van der Waals surface area contributed by atoms with Gasteiger partial charge < -0.3 is 23.5 Å². The number of hydrogen-bond acceptors (Lipinski definition) is 5. The average molecular weight is 423 g/mol. The van der Waals surface area contributed by atoms with Gasteiger partial charge in [-0.05, 0) is 36.6 Å². The van der Waals surface area contributed by atoms with Crippen LogP contribution < -0.4 is 4.74 Å². The van der Waals surface area contributed by atoms with Crippen molar-refractivity contribution in [3.05, 3.63) is 83.9 Å². The molecule has 1 aliphatic heterocycles. The van der Waals surface area contributed by atoms with Crippen LogP contribution in [0.5, 0.6) is 5.75 Å². The molecule has 1 saturated heterocycles. The van der Waals surface area contributed by atoms with Crippen molar-refractivity contribution < 1.29 is 18.9 Å². The number of methoxy groups -OCH3 is 1. The number of rotatable bonds is 10. The molecule has 6 heteroatoms. The first-order valence-electron chi connectivity index (χ1n) is 10.7. The van der Waals surface area contributed by atoms with E-state index in [2.05, 4.69) is 48.3 Å². The summed E-state index contributed by atoms with van der Waals surface area (Å²) in [6.45, 7) is 4.27. The first-order valence-corrected chi connectivity index (χ1v) is 10.7. The van der Waals surface area contributed by atoms with Gasteiger partial charge in [0.25, 0.3) is 0 Å². The molecule has 3 aromatic rings. The number of hydrogen-bond donors (Lipinski definition) is 0. The van der Waals surface area contributed by atoms with Gasteiger partial charge in [-0.25, -0.2) is 4.98 Å². The number of aromatic nitrogens is 2. The molecule has 0 amide bonds. The molecule has 0 N–H and O–H groups in total. The van der Waals surface area contributed by atoms with Gasteiger partial charge >= 0.3 is 0 Å². The van der Waals surface area contributed by atoms with E-state index in [-0.39, 0.29) is 6.10 Å². The molecule has 0 radical (unpaired) electrons. The molecule has 1 fully saturated rings. The van der Waals surface area contributed by atoms with E-state index in [1.54, 1.807) is 19.6 Å². The minimum absolute atomic E-state index is 0.0927. The minimum Gasteiger partial charge on any atom is -0.497 e. The molecule has 0 spiro atoms. The summed E-state index contributed by atoms with van der Waals surface area (Å²) in [5.74, 6) is 0.162. The van der Waals surface area contributed by atoms with Crippen LogP contribution in [0.15, 0.2) is 67.3 Å². The van der Waals surface area contributed by atoms with Gasteiger partial charge in [0.1, 0.15) is 11.9 Å². The molecular formula is C25H30N2O4. The second-order valence-electron chi connectivity index (χ2n) is 8.05. The zero-order chi connectivity index (χ0) is 21.5. The lowest BCUT2D eigenvalue weighted by Gasteiger charge is -2.28. The standard InChI is InChI=1S/C25H30N2O4/c1-20-3-5-22(6-4-20)15-29-16-24-17-30-25(31-24,18-27-14-13-26-19-27)12-11-21-7-9-23(28-2)10-8-21/h3-10,13-14,19,24H,11-12,15-18H2,1-2H3. The highest BCUT2D eigenvalue weighted by Crippen LogP contribution is 2.31. The van der Waals surface area contributed by atoms with Gasteiger partial charge in [0.05, 0.1) is 39.8 Å². The van der Waals surface area contributed by atoms with Gasteiger partial charge in [-0.2, -0.15) is 0 Å².